The number of carbonyl (C=O) groups is 3. The lowest BCUT2D eigenvalue weighted by Crippen LogP contribution is -2.51. The third-order valence-electron chi connectivity index (χ3n) is 9.61. The molecule has 1 unspecified atom stereocenters. The fourth-order valence-electron chi connectivity index (χ4n) is 6.68. The number of hydrogen-bond donors (Lipinski definition) is 5. The standard InChI is InChI=1S/C43H49N7O8S2/c1-8-38(50-19-20-59-39(51)25-50)48-41(52)31-14-13-27(23-36(31)56-5)45-37-24-28(17-18-44-37)58-35-16-15-32(29-11-9-10-12-30(29)35)46-42(53)47-33-21-26(43(2,3)4)22-34(40(33)57-6)49-60(7,54)55/h9-18,21-24,38,49H,8,19-20,25H2,1-7H3,(H,44,45)(H,48,52)(H2,46,47,53). The number of nitrogens with zero attached hydrogens (tertiary/aromatic N) is 2. The number of ether oxygens (including phenoxy) is 3. The number of fused-ring (bicyclic) bond motifs is 1. The highest BCUT2D eigenvalue weighted by Gasteiger charge is 2.27. The predicted molar refractivity (Wildman–Crippen MR) is 238 cm³/mol. The van der Waals surface area contributed by atoms with E-state index in [1.54, 1.807) is 60.8 Å². The Labute approximate surface area is 354 Å². The van der Waals surface area contributed by atoms with Gasteiger partial charge in [-0.25, -0.2) is 18.2 Å². The van der Waals surface area contributed by atoms with Gasteiger partial charge in [-0.3, -0.25) is 19.2 Å². The van der Waals surface area contributed by atoms with Gasteiger partial charge in [-0.15, -0.1) is 0 Å². The van der Waals surface area contributed by atoms with Gasteiger partial charge in [0.1, 0.15) is 23.1 Å². The zero-order chi connectivity index (χ0) is 43.2. The summed E-state index contributed by atoms with van der Waals surface area (Å²) in [6, 6.07) is 22.4. The highest BCUT2D eigenvalue weighted by atomic mass is 32.2. The van der Waals surface area contributed by atoms with Crippen molar-refractivity contribution in [3.05, 3.63) is 96.2 Å². The summed E-state index contributed by atoms with van der Waals surface area (Å²) >= 11 is 1.32. The molecule has 1 saturated heterocycles. The summed E-state index contributed by atoms with van der Waals surface area (Å²) in [5.74, 6) is 2.41. The first kappa shape index (κ1) is 43.5. The fraction of sp³-hybridized carbons (Fsp3) is 0.302. The molecule has 1 atom stereocenters. The second-order valence-corrected chi connectivity index (χ2v) is 18.0. The van der Waals surface area contributed by atoms with E-state index < -0.39 is 16.1 Å². The van der Waals surface area contributed by atoms with Crippen LogP contribution < -0.4 is 40.2 Å². The molecule has 3 amide bonds. The molecule has 5 N–H and O–H groups in total. The van der Waals surface area contributed by atoms with E-state index in [0.29, 0.717) is 70.7 Å². The molecule has 1 aliphatic heterocycles. The predicted octanol–water partition coefficient (Wildman–Crippen LogP) is 8.14. The van der Waals surface area contributed by atoms with Crippen molar-refractivity contribution in [2.24, 2.45) is 0 Å². The summed E-state index contributed by atoms with van der Waals surface area (Å²) in [6.07, 6.45) is 3.01. The minimum absolute atomic E-state index is 0.0936. The molecule has 5 aromatic rings. The molecule has 0 aliphatic carbocycles. The zero-order valence-electron chi connectivity index (χ0n) is 34.5. The summed E-state index contributed by atoms with van der Waals surface area (Å²) in [4.78, 5) is 45.3. The van der Waals surface area contributed by atoms with Crippen LogP contribution in [0.5, 0.6) is 23.0 Å². The van der Waals surface area contributed by atoms with Crippen LogP contribution in [-0.2, 0) is 20.2 Å². The minimum atomic E-state index is -3.65. The van der Waals surface area contributed by atoms with E-state index in [0.717, 1.165) is 17.2 Å². The van der Waals surface area contributed by atoms with Crippen LogP contribution in [0.4, 0.5) is 33.4 Å². The van der Waals surface area contributed by atoms with Crippen LogP contribution in [0.1, 0.15) is 50.0 Å². The van der Waals surface area contributed by atoms with Gasteiger partial charge in [-0.05, 0) is 59.9 Å². The summed E-state index contributed by atoms with van der Waals surface area (Å²) in [7, 11) is -0.752. The Morgan fingerprint density at radius 2 is 1.63 bits per heavy atom. The summed E-state index contributed by atoms with van der Waals surface area (Å²) in [5.41, 5.74) is 2.38. The lowest BCUT2D eigenvalue weighted by molar-refractivity contribution is -0.113. The lowest BCUT2D eigenvalue weighted by atomic mass is 9.86. The number of benzene rings is 4. The van der Waals surface area contributed by atoms with Crippen molar-refractivity contribution in [1.29, 1.82) is 0 Å². The molecular formula is C43H49N7O8S2. The number of thioether (sulfide) groups is 1. The number of aromatic nitrogens is 1. The number of hydrogen-bond acceptors (Lipinski definition) is 12. The number of urea groups is 1. The summed E-state index contributed by atoms with van der Waals surface area (Å²) < 4.78 is 44.4. The number of methoxy groups -OCH3 is 2. The van der Waals surface area contributed by atoms with Gasteiger partial charge in [0.2, 0.25) is 15.1 Å². The first-order valence-corrected chi connectivity index (χ1v) is 22.0. The maximum absolute atomic E-state index is 13.5. The van der Waals surface area contributed by atoms with Crippen LogP contribution in [-0.4, -0.2) is 80.8 Å². The van der Waals surface area contributed by atoms with Crippen LogP contribution in [0.25, 0.3) is 10.8 Å². The van der Waals surface area contributed by atoms with E-state index >= 15 is 0 Å². The van der Waals surface area contributed by atoms with E-state index in [1.807, 2.05) is 56.9 Å². The molecular weight excluding hydrogens is 807 g/mol. The molecule has 1 aliphatic rings. The number of amides is 3. The Kier molecular flexibility index (Phi) is 13.4. The van der Waals surface area contributed by atoms with E-state index in [1.165, 1.54) is 26.0 Å². The molecule has 6 rings (SSSR count). The minimum Gasteiger partial charge on any atom is -0.496 e. The third-order valence-corrected chi connectivity index (χ3v) is 11.0. The third kappa shape index (κ3) is 10.8. The average molecular weight is 856 g/mol. The van der Waals surface area contributed by atoms with Gasteiger partial charge in [0.05, 0.1) is 55.8 Å². The summed E-state index contributed by atoms with van der Waals surface area (Å²) in [6.45, 7) is 8.91. The average Bonchev–Trinajstić information content (AvgIpc) is 3.19. The van der Waals surface area contributed by atoms with E-state index in [-0.39, 0.29) is 39.7 Å². The lowest BCUT2D eigenvalue weighted by Gasteiger charge is -2.33. The molecule has 316 valence electrons. The van der Waals surface area contributed by atoms with E-state index in [9.17, 15) is 22.8 Å². The molecule has 2 heterocycles. The van der Waals surface area contributed by atoms with Gasteiger partial charge in [0.25, 0.3) is 5.91 Å². The van der Waals surface area contributed by atoms with Crippen molar-refractivity contribution in [2.75, 3.05) is 60.0 Å². The normalized spacial score (nSPS) is 13.9. The second kappa shape index (κ2) is 18.5. The largest absolute Gasteiger partial charge is 0.496 e. The number of pyridine rings is 1. The van der Waals surface area contributed by atoms with Crippen LogP contribution >= 0.6 is 11.8 Å². The highest BCUT2D eigenvalue weighted by Crippen LogP contribution is 2.40. The number of sulfonamides is 1. The van der Waals surface area contributed by atoms with Crippen LogP contribution in [0.15, 0.2) is 85.1 Å². The van der Waals surface area contributed by atoms with Crippen molar-refractivity contribution in [2.45, 2.75) is 45.7 Å². The monoisotopic (exact) mass is 855 g/mol. The Morgan fingerprint density at radius 3 is 2.32 bits per heavy atom. The van der Waals surface area contributed by atoms with Crippen LogP contribution in [0.3, 0.4) is 0 Å². The first-order chi connectivity index (χ1) is 28.5. The van der Waals surface area contributed by atoms with E-state index in [2.05, 4.69) is 31.0 Å². The Balaban J connectivity index is 1.17. The first-order valence-electron chi connectivity index (χ1n) is 19.1. The second-order valence-electron chi connectivity index (χ2n) is 15.1. The van der Waals surface area contributed by atoms with Gasteiger partial charge in [0.15, 0.2) is 5.75 Å². The molecule has 0 bridgehead atoms. The Bertz CT molecular complexity index is 2530. The van der Waals surface area contributed by atoms with Gasteiger partial charge in [-0.1, -0.05) is 63.7 Å². The maximum atomic E-state index is 13.5. The van der Waals surface area contributed by atoms with Gasteiger partial charge >= 0.3 is 6.03 Å². The van der Waals surface area contributed by atoms with Crippen molar-refractivity contribution < 1.29 is 37.0 Å². The molecule has 1 aromatic heterocycles. The molecule has 1 fully saturated rings. The fourth-order valence-corrected chi connectivity index (χ4v) is 8.05. The zero-order valence-corrected chi connectivity index (χ0v) is 36.1. The Hall–Kier alpha value is -6.04. The van der Waals surface area contributed by atoms with Crippen molar-refractivity contribution >= 4 is 78.2 Å². The molecule has 0 saturated carbocycles. The van der Waals surface area contributed by atoms with Crippen molar-refractivity contribution in [3.8, 4) is 23.0 Å². The quantitative estimate of drug-likeness (QED) is 0.0722. The smallest absolute Gasteiger partial charge is 0.323 e. The summed E-state index contributed by atoms with van der Waals surface area (Å²) in [5, 5.41) is 13.6. The molecule has 0 radical (unpaired) electrons. The van der Waals surface area contributed by atoms with Gasteiger partial charge in [0, 0.05) is 47.1 Å². The van der Waals surface area contributed by atoms with Crippen LogP contribution in [0, 0.1) is 0 Å². The number of nitrogens with one attached hydrogen (secondary N) is 5. The maximum Gasteiger partial charge on any atom is 0.323 e. The molecule has 17 heteroatoms. The molecule has 0 spiro atoms. The topological polar surface area (TPSA) is 189 Å². The van der Waals surface area contributed by atoms with E-state index in [4.69, 9.17) is 14.2 Å². The molecule has 4 aromatic carbocycles. The van der Waals surface area contributed by atoms with Gasteiger partial charge in [-0.2, -0.15) is 0 Å². The SMILES string of the molecule is CCC(NC(=O)c1ccc(Nc2cc(Oc3ccc(NC(=O)Nc4cc(C(C)(C)C)cc(NS(C)(=O)=O)c4OC)c4ccccc34)ccn2)cc1OC)N1CCSC(=O)C1. The number of anilines is 5. The molecule has 60 heavy (non-hydrogen) atoms. The van der Waals surface area contributed by atoms with Crippen LogP contribution in [0.2, 0.25) is 0 Å². The Morgan fingerprint density at radius 1 is 0.900 bits per heavy atom. The van der Waals surface area contributed by atoms with Crippen molar-refractivity contribution in [1.82, 2.24) is 15.2 Å². The number of rotatable bonds is 14. The highest BCUT2D eigenvalue weighted by molar-refractivity contribution is 8.13. The van der Waals surface area contributed by atoms with Gasteiger partial charge < -0.3 is 35.5 Å². The molecule has 15 nitrogen and oxygen atoms in total. The van der Waals surface area contributed by atoms with Crippen molar-refractivity contribution in [3.63, 3.8) is 0 Å². The number of carbonyl (C=O) groups excluding carboxylic acids is 3.